The molecule has 2 unspecified atom stereocenters. The van der Waals surface area contributed by atoms with Gasteiger partial charge >= 0.3 is 6.09 Å². The number of likely N-dealkylation sites (tertiary alicyclic amines) is 2. The van der Waals surface area contributed by atoms with E-state index in [4.69, 9.17) is 19.2 Å². The Morgan fingerprint density at radius 3 is 2.35 bits per heavy atom. The van der Waals surface area contributed by atoms with Crippen molar-refractivity contribution in [2.24, 2.45) is 23.2 Å². The van der Waals surface area contributed by atoms with Crippen LogP contribution >= 0.6 is 0 Å². The van der Waals surface area contributed by atoms with Crippen molar-refractivity contribution in [1.82, 2.24) is 30.1 Å². The molecule has 0 spiro atoms. The lowest BCUT2D eigenvalue weighted by atomic mass is 9.77. The fourth-order valence-electron chi connectivity index (χ4n) is 9.00. The van der Waals surface area contributed by atoms with Gasteiger partial charge in [-0.05, 0) is 76.3 Å². The minimum Gasteiger partial charge on any atom is -0.497 e. The normalized spacial score (nSPS) is 23.6. The van der Waals surface area contributed by atoms with Crippen molar-refractivity contribution in [3.05, 3.63) is 67.3 Å². The van der Waals surface area contributed by atoms with E-state index in [0.29, 0.717) is 60.6 Å². The van der Waals surface area contributed by atoms with Crippen LogP contribution in [0.3, 0.4) is 0 Å². The fraction of sp³-hybridized carbons (Fsp3) is 0.551. The molecule has 2 saturated heterocycles. The van der Waals surface area contributed by atoms with E-state index in [1.54, 1.807) is 38.8 Å². The van der Waals surface area contributed by atoms with Crippen molar-refractivity contribution in [3.8, 4) is 22.8 Å². The van der Waals surface area contributed by atoms with Crippen LogP contribution in [-0.4, -0.2) is 115 Å². The Labute approximate surface area is 387 Å². The van der Waals surface area contributed by atoms with Gasteiger partial charge in [-0.2, -0.15) is 0 Å². The summed E-state index contributed by atoms with van der Waals surface area (Å²) in [5.74, 6) is -2.50. The molecule has 2 aromatic carbocycles. The second-order valence-corrected chi connectivity index (χ2v) is 22.2. The number of sulfonamides is 1. The Kier molecular flexibility index (Phi) is 13.8. The van der Waals surface area contributed by atoms with Gasteiger partial charge in [0, 0.05) is 61.5 Å². The summed E-state index contributed by atoms with van der Waals surface area (Å²) in [6, 6.07) is 15.7. The number of alkyl carbamates (subject to hydrolysis) is 1. The van der Waals surface area contributed by atoms with Gasteiger partial charge in [-0.1, -0.05) is 57.2 Å². The van der Waals surface area contributed by atoms with E-state index in [9.17, 15) is 27.6 Å². The maximum Gasteiger partial charge on any atom is 0.407 e. The number of rotatable bonds is 15. The molecule has 16 nitrogen and oxygen atoms in total. The van der Waals surface area contributed by atoms with E-state index in [-0.39, 0.29) is 37.6 Å². The van der Waals surface area contributed by atoms with E-state index in [2.05, 4.69) is 21.9 Å². The second kappa shape index (κ2) is 18.9. The number of hydrogen-bond donors (Lipinski definition) is 3. The summed E-state index contributed by atoms with van der Waals surface area (Å²) in [7, 11) is -2.37. The number of ether oxygens (including phenoxy) is 3. The number of methoxy groups -OCH3 is 1. The molecule has 7 rings (SSSR count). The molecule has 4 aliphatic rings. The number of carbonyl (C=O) groups excluding carboxylic acids is 5. The number of nitrogens with zero attached hydrogens (tertiary/aromatic N) is 3. The summed E-state index contributed by atoms with van der Waals surface area (Å²) in [6.45, 7) is 16.0. The number of carbonyl (C=O) groups is 5. The molecule has 356 valence electrons. The van der Waals surface area contributed by atoms with Crippen molar-refractivity contribution in [3.63, 3.8) is 0 Å². The van der Waals surface area contributed by atoms with Gasteiger partial charge in [-0.15, -0.1) is 6.58 Å². The largest absolute Gasteiger partial charge is 0.497 e. The van der Waals surface area contributed by atoms with E-state index < -0.39 is 79.6 Å². The Morgan fingerprint density at radius 1 is 0.985 bits per heavy atom. The predicted octanol–water partition coefficient (Wildman–Crippen LogP) is 5.74. The first-order valence-corrected chi connectivity index (χ1v) is 24.4. The monoisotopic (exact) mass is 928 g/mol. The zero-order chi connectivity index (χ0) is 47.8. The minimum absolute atomic E-state index is 0.0121. The van der Waals surface area contributed by atoms with Crippen LogP contribution in [0.5, 0.6) is 11.5 Å². The lowest BCUT2D eigenvalue weighted by Gasteiger charge is -2.38. The summed E-state index contributed by atoms with van der Waals surface area (Å²) in [5, 5.41) is 5.71. The molecule has 6 atom stereocenters. The lowest BCUT2D eigenvalue weighted by molar-refractivity contribution is -0.149. The highest BCUT2D eigenvalue weighted by molar-refractivity contribution is 7.91. The maximum atomic E-state index is 15.2. The number of benzene rings is 2. The van der Waals surface area contributed by atoms with Gasteiger partial charge in [0.2, 0.25) is 27.7 Å². The smallest absolute Gasteiger partial charge is 0.407 e. The molecule has 0 radical (unpaired) electrons. The minimum atomic E-state index is -3.94. The first-order chi connectivity index (χ1) is 31.1. The number of hydrogen-bond acceptors (Lipinski definition) is 11. The van der Waals surface area contributed by atoms with E-state index in [0.717, 1.165) is 18.4 Å². The standard InChI is InChI=1S/C49H64N6O10S/c1-9-32-26-49(32,45(59)53-66(61,62)35-18-19-35)52-43(57)40-23-34(64-41-25-38(31-15-11-10-12-16-31)51-39-22-33(63-8)17-20-36(39)41)29-55(40)44(58)37(47(2,3)4)24-42(56)54-21-13-14-30(28-54)27-50-46(60)65-48(5,6)7/h9-12,15-17,20,22,25,30,32,34-35,37,40H,1,13-14,18-19,21,23-24,26-29H2,2-8H3,(H,50,60)(H,52,57)(H,53,59)/t30?,32?,34-,37-,40+,49-/m1/s1. The third-order valence-electron chi connectivity index (χ3n) is 13.0. The zero-order valence-corrected chi connectivity index (χ0v) is 39.9. The second-order valence-electron chi connectivity index (χ2n) is 20.3. The lowest BCUT2D eigenvalue weighted by Crippen LogP contribution is -2.57. The molecule has 3 aromatic rings. The number of aromatic nitrogens is 1. The van der Waals surface area contributed by atoms with Crippen LogP contribution in [0.4, 0.5) is 4.79 Å². The molecule has 2 aliphatic carbocycles. The molecule has 1 aromatic heterocycles. The Bertz CT molecular complexity index is 2460. The van der Waals surface area contributed by atoms with Crippen molar-refractivity contribution in [2.75, 3.05) is 33.3 Å². The number of piperidine rings is 1. The summed E-state index contributed by atoms with van der Waals surface area (Å²) in [6.07, 6.45) is 2.70. The van der Waals surface area contributed by atoms with Gasteiger partial charge in [-0.25, -0.2) is 18.2 Å². The van der Waals surface area contributed by atoms with Crippen molar-refractivity contribution >= 4 is 50.6 Å². The van der Waals surface area contributed by atoms with Crippen LogP contribution in [0.1, 0.15) is 86.5 Å². The predicted molar refractivity (Wildman–Crippen MR) is 249 cm³/mol. The van der Waals surface area contributed by atoms with Crippen LogP contribution in [0.2, 0.25) is 0 Å². The quantitative estimate of drug-likeness (QED) is 0.157. The molecular weight excluding hydrogens is 865 g/mol. The van der Waals surface area contributed by atoms with Gasteiger partial charge in [-0.3, -0.25) is 23.9 Å². The van der Waals surface area contributed by atoms with Gasteiger partial charge < -0.3 is 34.6 Å². The fourth-order valence-corrected chi connectivity index (χ4v) is 10.4. The van der Waals surface area contributed by atoms with E-state index >= 15 is 4.79 Å². The Balaban J connectivity index is 1.16. The number of fused-ring (bicyclic) bond motifs is 1. The highest BCUT2D eigenvalue weighted by Crippen LogP contribution is 2.46. The van der Waals surface area contributed by atoms with Gasteiger partial charge in [0.25, 0.3) is 5.91 Å². The maximum absolute atomic E-state index is 15.2. The summed E-state index contributed by atoms with van der Waals surface area (Å²) in [4.78, 5) is 78.4. The van der Waals surface area contributed by atoms with Crippen molar-refractivity contribution in [2.45, 2.75) is 115 Å². The van der Waals surface area contributed by atoms with E-state index in [1.165, 1.54) is 11.0 Å². The van der Waals surface area contributed by atoms with Crippen LogP contribution in [0.15, 0.2) is 67.3 Å². The van der Waals surface area contributed by atoms with Gasteiger partial charge in [0.1, 0.15) is 34.8 Å². The molecule has 2 saturated carbocycles. The first-order valence-electron chi connectivity index (χ1n) is 22.9. The average Bonchev–Trinajstić information content (AvgIpc) is 4.20. The summed E-state index contributed by atoms with van der Waals surface area (Å²) in [5.41, 5.74) is -0.885. The molecular formula is C49H64N6O10S. The molecule has 2 aliphatic heterocycles. The highest BCUT2D eigenvalue weighted by atomic mass is 32.2. The number of pyridine rings is 1. The third kappa shape index (κ3) is 11.1. The average molecular weight is 929 g/mol. The number of nitrogens with one attached hydrogen (secondary N) is 3. The Morgan fingerprint density at radius 2 is 1.71 bits per heavy atom. The molecule has 0 bridgehead atoms. The summed E-state index contributed by atoms with van der Waals surface area (Å²) < 4.78 is 45.7. The highest BCUT2D eigenvalue weighted by Gasteiger charge is 2.62. The van der Waals surface area contributed by atoms with Crippen molar-refractivity contribution in [1.29, 1.82) is 0 Å². The van der Waals surface area contributed by atoms with Gasteiger partial charge in [0.05, 0.1) is 36.0 Å². The van der Waals surface area contributed by atoms with Crippen LogP contribution in [0, 0.1) is 23.2 Å². The SMILES string of the molecule is C=CC1C[C@]1(NC(=O)[C@@H]1C[C@@H](Oc2cc(-c3ccccc3)nc3cc(OC)ccc23)CN1C(=O)[C@@H](CC(=O)N1CCCC(CNC(=O)OC(C)(C)C)C1)C(C)(C)C)C(=O)NS(=O)(=O)C1CC1. The van der Waals surface area contributed by atoms with Crippen LogP contribution in [-0.2, 0) is 33.9 Å². The van der Waals surface area contributed by atoms with Crippen LogP contribution < -0.4 is 24.8 Å². The van der Waals surface area contributed by atoms with Gasteiger partial charge in [0.15, 0.2) is 0 Å². The molecule has 5 amide bonds. The summed E-state index contributed by atoms with van der Waals surface area (Å²) >= 11 is 0. The van der Waals surface area contributed by atoms with Crippen LogP contribution in [0.25, 0.3) is 22.2 Å². The van der Waals surface area contributed by atoms with E-state index in [1.807, 2.05) is 69.3 Å². The number of amides is 5. The third-order valence-corrected chi connectivity index (χ3v) is 14.8. The topological polar surface area (TPSA) is 203 Å². The molecule has 66 heavy (non-hydrogen) atoms. The molecule has 3 heterocycles. The molecule has 17 heteroatoms. The zero-order valence-electron chi connectivity index (χ0n) is 39.1. The Hall–Kier alpha value is -5.71. The first kappa shape index (κ1) is 48.2. The van der Waals surface area contributed by atoms with Crippen molar-refractivity contribution < 1.29 is 46.6 Å². The molecule has 4 fully saturated rings. The molecule has 3 N–H and O–H groups in total.